The number of amides is 2. The number of anilines is 2. The van der Waals surface area contributed by atoms with Crippen LogP contribution in [0.2, 0.25) is 5.02 Å². The minimum absolute atomic E-state index is 0.0364. The summed E-state index contributed by atoms with van der Waals surface area (Å²) in [6.07, 6.45) is -1.24. The maximum atomic E-state index is 14.9. The van der Waals surface area contributed by atoms with Gasteiger partial charge in [-0.25, -0.2) is 18.6 Å². The van der Waals surface area contributed by atoms with Crippen molar-refractivity contribution in [3.63, 3.8) is 0 Å². The Morgan fingerprint density at radius 1 is 1.18 bits per heavy atom. The van der Waals surface area contributed by atoms with Crippen molar-refractivity contribution >= 4 is 46.3 Å². The van der Waals surface area contributed by atoms with Crippen LogP contribution in [-0.2, 0) is 5.72 Å². The van der Waals surface area contributed by atoms with Gasteiger partial charge in [-0.3, -0.25) is 14.6 Å². The molecule has 1 aliphatic heterocycles. The van der Waals surface area contributed by atoms with Crippen LogP contribution in [0.15, 0.2) is 54.6 Å². The predicted octanol–water partition coefficient (Wildman–Crippen LogP) is 4.46. The molecule has 172 valence electrons. The highest BCUT2D eigenvalue weighted by Gasteiger charge is 2.51. The molecule has 1 aromatic heterocycles. The van der Waals surface area contributed by atoms with Crippen LogP contribution in [-0.4, -0.2) is 39.2 Å². The number of nitrogens with one attached hydrogen (secondary N) is 1. The molecular formula is C23H15ClF2N4O4. The van der Waals surface area contributed by atoms with E-state index in [0.29, 0.717) is 5.52 Å². The van der Waals surface area contributed by atoms with E-state index in [4.69, 9.17) is 11.6 Å². The Balaban J connectivity index is 1.75. The van der Waals surface area contributed by atoms with Gasteiger partial charge < -0.3 is 15.2 Å². The van der Waals surface area contributed by atoms with Gasteiger partial charge in [0.05, 0.1) is 16.7 Å². The number of rotatable bonds is 3. The van der Waals surface area contributed by atoms with Crippen molar-refractivity contribution in [2.45, 2.75) is 5.72 Å². The maximum Gasteiger partial charge on any atom is 0.413 e. The highest BCUT2D eigenvalue weighted by Crippen LogP contribution is 2.46. The summed E-state index contributed by atoms with van der Waals surface area (Å²) in [5.74, 6) is -3.35. The normalized spacial score (nSPS) is 17.3. The van der Waals surface area contributed by atoms with Gasteiger partial charge in [0, 0.05) is 28.8 Å². The molecular weight excluding hydrogens is 470 g/mol. The lowest BCUT2D eigenvalue weighted by atomic mass is 9.93. The Morgan fingerprint density at radius 3 is 2.65 bits per heavy atom. The Hall–Kier alpha value is -4.02. The van der Waals surface area contributed by atoms with Crippen molar-refractivity contribution in [3.05, 3.63) is 87.9 Å². The summed E-state index contributed by atoms with van der Waals surface area (Å²) >= 11 is 5.94. The van der Waals surface area contributed by atoms with Gasteiger partial charge in [0.15, 0.2) is 17.4 Å². The second-order valence-corrected chi connectivity index (χ2v) is 8.15. The van der Waals surface area contributed by atoms with Gasteiger partial charge in [0.1, 0.15) is 0 Å². The quantitative estimate of drug-likeness (QED) is 0.372. The molecule has 2 amide bonds. The summed E-state index contributed by atoms with van der Waals surface area (Å²) in [4.78, 5) is 33.3. The third-order valence-corrected chi connectivity index (χ3v) is 5.97. The van der Waals surface area contributed by atoms with E-state index in [1.54, 1.807) is 12.1 Å². The standard InChI is InChI=1S/C23H15ClF2N4O4/c1-29(22(32)33)21-27-16-7-6-11(8-17(16)28-21)23(34)14-5-3-2-4-13(14)20(31)30(23)18-10-12(24)9-15(25)19(18)26/h2-10,34H,1H3,(H,27,28)(H,32,33). The zero-order chi connectivity index (χ0) is 24.4. The number of H-pyrrole nitrogens is 1. The lowest BCUT2D eigenvalue weighted by Crippen LogP contribution is -2.45. The van der Waals surface area contributed by atoms with Gasteiger partial charge in [-0.15, -0.1) is 0 Å². The van der Waals surface area contributed by atoms with Gasteiger partial charge in [0.2, 0.25) is 5.95 Å². The first-order valence-electron chi connectivity index (χ1n) is 9.90. The predicted molar refractivity (Wildman–Crippen MR) is 120 cm³/mol. The number of carbonyl (C=O) groups is 2. The van der Waals surface area contributed by atoms with Crippen molar-refractivity contribution in [1.29, 1.82) is 0 Å². The van der Waals surface area contributed by atoms with Gasteiger partial charge in [-0.05, 0) is 30.3 Å². The number of fused-ring (bicyclic) bond motifs is 2. The van der Waals surface area contributed by atoms with Crippen LogP contribution in [0.4, 0.5) is 25.2 Å². The number of aromatic amines is 1. The number of nitrogens with zero attached hydrogens (tertiary/aromatic N) is 3. The first kappa shape index (κ1) is 21.8. The number of aliphatic hydroxyl groups is 1. The van der Waals surface area contributed by atoms with Crippen molar-refractivity contribution in [1.82, 2.24) is 9.97 Å². The molecule has 3 aromatic carbocycles. The van der Waals surface area contributed by atoms with Crippen LogP contribution in [0.3, 0.4) is 0 Å². The highest BCUT2D eigenvalue weighted by atomic mass is 35.5. The van der Waals surface area contributed by atoms with Crippen molar-refractivity contribution < 1.29 is 28.6 Å². The van der Waals surface area contributed by atoms with Gasteiger partial charge in [-0.2, -0.15) is 0 Å². The second-order valence-electron chi connectivity index (χ2n) is 7.71. The van der Waals surface area contributed by atoms with Crippen molar-refractivity contribution in [2.75, 3.05) is 16.8 Å². The molecule has 0 saturated heterocycles. The van der Waals surface area contributed by atoms with Gasteiger partial charge >= 0.3 is 6.09 Å². The zero-order valence-electron chi connectivity index (χ0n) is 17.4. The fraction of sp³-hybridized carbons (Fsp3) is 0.0870. The number of carboxylic acid groups (broad SMARTS) is 1. The molecule has 0 bridgehead atoms. The van der Waals surface area contributed by atoms with Crippen LogP contribution < -0.4 is 9.80 Å². The molecule has 34 heavy (non-hydrogen) atoms. The Bertz CT molecular complexity index is 1510. The zero-order valence-corrected chi connectivity index (χ0v) is 18.1. The van der Waals surface area contributed by atoms with E-state index in [9.17, 15) is 28.6 Å². The number of aromatic nitrogens is 2. The molecule has 0 aliphatic carbocycles. The lowest BCUT2D eigenvalue weighted by Gasteiger charge is -2.35. The van der Waals surface area contributed by atoms with E-state index in [1.165, 1.54) is 37.4 Å². The molecule has 5 rings (SSSR count). The molecule has 0 fully saturated rings. The molecule has 3 N–H and O–H groups in total. The number of hydrogen-bond acceptors (Lipinski definition) is 4. The summed E-state index contributed by atoms with van der Waals surface area (Å²) in [7, 11) is 1.30. The topological polar surface area (TPSA) is 110 Å². The van der Waals surface area contributed by atoms with E-state index in [0.717, 1.165) is 21.9 Å². The molecule has 8 nitrogen and oxygen atoms in total. The number of halogens is 3. The van der Waals surface area contributed by atoms with E-state index in [1.807, 2.05) is 0 Å². The van der Waals surface area contributed by atoms with Crippen LogP contribution in [0.1, 0.15) is 21.5 Å². The molecule has 1 unspecified atom stereocenters. The Labute approximate surface area is 195 Å². The summed E-state index contributed by atoms with van der Waals surface area (Å²) < 4.78 is 29.1. The smallest absolute Gasteiger partial charge is 0.413 e. The fourth-order valence-corrected chi connectivity index (χ4v) is 4.29. The third kappa shape index (κ3) is 3.03. The summed E-state index contributed by atoms with van der Waals surface area (Å²) in [5.41, 5.74) is -1.67. The van der Waals surface area contributed by atoms with Crippen molar-refractivity contribution in [3.8, 4) is 0 Å². The van der Waals surface area contributed by atoms with Gasteiger partial charge in [0.25, 0.3) is 5.91 Å². The molecule has 2 heterocycles. The second kappa shape index (κ2) is 7.51. The van der Waals surface area contributed by atoms with Crippen molar-refractivity contribution in [2.24, 2.45) is 0 Å². The first-order valence-corrected chi connectivity index (χ1v) is 10.3. The minimum Gasteiger partial charge on any atom is -0.465 e. The van der Waals surface area contributed by atoms with Crippen LogP contribution in [0, 0.1) is 11.6 Å². The maximum absolute atomic E-state index is 14.9. The minimum atomic E-state index is -2.24. The number of hydrogen-bond donors (Lipinski definition) is 3. The number of benzene rings is 3. The van der Waals surface area contributed by atoms with E-state index < -0.39 is 35.0 Å². The van der Waals surface area contributed by atoms with Crippen LogP contribution in [0.5, 0.6) is 0 Å². The number of imidazole rings is 1. The Morgan fingerprint density at radius 2 is 1.91 bits per heavy atom. The first-order chi connectivity index (χ1) is 16.1. The SMILES string of the molecule is CN(C(=O)O)c1nc2cc(C3(O)c4ccccc4C(=O)N3c3cc(Cl)cc(F)c3F)ccc2[nH]1. The largest absolute Gasteiger partial charge is 0.465 e. The molecule has 11 heteroatoms. The van der Waals surface area contributed by atoms with E-state index in [2.05, 4.69) is 9.97 Å². The number of carbonyl (C=O) groups excluding carboxylic acids is 1. The van der Waals surface area contributed by atoms with E-state index in [-0.39, 0.29) is 33.2 Å². The highest BCUT2D eigenvalue weighted by molar-refractivity contribution is 6.31. The molecule has 1 aliphatic rings. The average Bonchev–Trinajstić information content (AvgIpc) is 3.33. The Kier molecular flexibility index (Phi) is 4.81. The van der Waals surface area contributed by atoms with Crippen LogP contribution >= 0.6 is 11.6 Å². The third-order valence-electron chi connectivity index (χ3n) is 5.75. The monoisotopic (exact) mass is 484 g/mol. The lowest BCUT2D eigenvalue weighted by molar-refractivity contribution is 0.0698. The molecule has 1 atom stereocenters. The summed E-state index contributed by atoms with van der Waals surface area (Å²) in [6.45, 7) is 0. The molecule has 4 aromatic rings. The molecule has 0 radical (unpaired) electrons. The summed E-state index contributed by atoms with van der Waals surface area (Å²) in [6, 6.07) is 12.4. The average molecular weight is 485 g/mol. The van der Waals surface area contributed by atoms with E-state index >= 15 is 0 Å². The fourth-order valence-electron chi connectivity index (χ4n) is 4.09. The van der Waals surface area contributed by atoms with Gasteiger partial charge in [-0.1, -0.05) is 35.9 Å². The van der Waals surface area contributed by atoms with Crippen LogP contribution in [0.25, 0.3) is 11.0 Å². The molecule has 0 saturated carbocycles. The molecule has 0 spiro atoms. The summed E-state index contributed by atoms with van der Waals surface area (Å²) in [5, 5.41) is 21.0.